The largest absolute Gasteiger partial charge is 0.492 e. The van der Waals surface area contributed by atoms with Crippen molar-refractivity contribution >= 4 is 0 Å². The van der Waals surface area contributed by atoms with Gasteiger partial charge in [0, 0.05) is 25.0 Å². The second-order valence-electron chi connectivity index (χ2n) is 5.21. The lowest BCUT2D eigenvalue weighted by Gasteiger charge is -2.17. The van der Waals surface area contributed by atoms with Crippen LogP contribution in [0.4, 0.5) is 0 Å². The van der Waals surface area contributed by atoms with Crippen LogP contribution >= 0.6 is 0 Å². The summed E-state index contributed by atoms with van der Waals surface area (Å²) in [5.41, 5.74) is 4.72. The fourth-order valence-corrected chi connectivity index (χ4v) is 2.58. The molecule has 0 spiro atoms. The first-order valence-electron chi connectivity index (χ1n) is 7.30. The van der Waals surface area contributed by atoms with Gasteiger partial charge in [0.05, 0.1) is 18.5 Å². The summed E-state index contributed by atoms with van der Waals surface area (Å²) in [6, 6.07) is 2.25. The number of nitrogens with zero attached hydrogens (tertiary/aromatic N) is 3. The fraction of sp³-hybridized carbons (Fsp3) is 0.500. The molecule has 0 fully saturated rings. The number of rotatable bonds is 6. The summed E-state index contributed by atoms with van der Waals surface area (Å²) in [6.45, 7) is 6.79. The van der Waals surface area contributed by atoms with Crippen LogP contribution in [-0.4, -0.2) is 28.4 Å². The molecular formula is C16H24N4O. The second-order valence-corrected chi connectivity index (χ2v) is 5.21. The molecule has 114 valence electrons. The summed E-state index contributed by atoms with van der Waals surface area (Å²) in [5, 5.41) is 7.85. The van der Waals surface area contributed by atoms with Crippen molar-refractivity contribution < 1.29 is 4.74 Å². The van der Waals surface area contributed by atoms with Gasteiger partial charge in [-0.3, -0.25) is 9.67 Å². The summed E-state index contributed by atoms with van der Waals surface area (Å²) >= 11 is 0. The highest BCUT2D eigenvalue weighted by atomic mass is 16.5. The average molecular weight is 288 g/mol. The third-order valence-electron chi connectivity index (χ3n) is 3.86. The third kappa shape index (κ3) is 3.42. The van der Waals surface area contributed by atoms with Gasteiger partial charge in [-0.05, 0) is 51.4 Å². The lowest BCUT2D eigenvalue weighted by atomic mass is 9.99. The van der Waals surface area contributed by atoms with Crippen molar-refractivity contribution in [3.05, 3.63) is 41.0 Å². The van der Waals surface area contributed by atoms with Gasteiger partial charge in [0.15, 0.2) is 0 Å². The average Bonchev–Trinajstić information content (AvgIpc) is 2.71. The zero-order valence-electron chi connectivity index (χ0n) is 13.5. The SMILES string of the molecule is CCOc1cncc(C(Cc2c(C)nn(C)c2C)NC)c1. The Morgan fingerprint density at radius 3 is 2.67 bits per heavy atom. The van der Waals surface area contributed by atoms with Gasteiger partial charge >= 0.3 is 0 Å². The molecule has 0 bridgehead atoms. The van der Waals surface area contributed by atoms with Gasteiger partial charge in [0.1, 0.15) is 5.75 Å². The molecule has 1 atom stereocenters. The van der Waals surface area contributed by atoms with Gasteiger partial charge < -0.3 is 10.1 Å². The number of ether oxygens (including phenoxy) is 1. The van der Waals surface area contributed by atoms with Crippen molar-refractivity contribution in [2.24, 2.45) is 7.05 Å². The predicted octanol–water partition coefficient (Wildman–Crippen LogP) is 2.33. The lowest BCUT2D eigenvalue weighted by molar-refractivity contribution is 0.338. The van der Waals surface area contributed by atoms with Gasteiger partial charge in [0.2, 0.25) is 0 Å². The lowest BCUT2D eigenvalue weighted by Crippen LogP contribution is -2.19. The van der Waals surface area contributed by atoms with E-state index in [0.29, 0.717) is 6.61 Å². The highest BCUT2D eigenvalue weighted by Crippen LogP contribution is 2.24. The van der Waals surface area contributed by atoms with Crippen molar-refractivity contribution in [3.63, 3.8) is 0 Å². The first-order valence-corrected chi connectivity index (χ1v) is 7.30. The van der Waals surface area contributed by atoms with E-state index in [2.05, 4.69) is 35.3 Å². The Hall–Kier alpha value is -1.88. The van der Waals surface area contributed by atoms with E-state index in [4.69, 9.17) is 4.74 Å². The second kappa shape index (κ2) is 6.72. The molecule has 2 aromatic heterocycles. The van der Waals surface area contributed by atoms with E-state index in [9.17, 15) is 0 Å². The third-order valence-corrected chi connectivity index (χ3v) is 3.86. The van der Waals surface area contributed by atoms with Crippen LogP contribution in [0.25, 0.3) is 0 Å². The summed E-state index contributed by atoms with van der Waals surface area (Å²) in [4.78, 5) is 4.28. The number of pyridine rings is 1. The first kappa shape index (κ1) is 15.5. The van der Waals surface area contributed by atoms with Crippen LogP contribution in [0, 0.1) is 13.8 Å². The van der Waals surface area contributed by atoms with Crippen molar-refractivity contribution in [2.45, 2.75) is 33.2 Å². The molecule has 1 N–H and O–H groups in total. The molecule has 0 saturated carbocycles. The van der Waals surface area contributed by atoms with Crippen LogP contribution in [-0.2, 0) is 13.5 Å². The van der Waals surface area contributed by atoms with E-state index < -0.39 is 0 Å². The molecule has 0 aromatic carbocycles. The number of hydrogen-bond acceptors (Lipinski definition) is 4. The van der Waals surface area contributed by atoms with Crippen molar-refractivity contribution in [3.8, 4) is 5.75 Å². The van der Waals surface area contributed by atoms with Gasteiger partial charge in [-0.25, -0.2) is 0 Å². The number of hydrogen-bond donors (Lipinski definition) is 1. The molecule has 2 aromatic rings. The standard InChI is InChI=1S/C16H24N4O/c1-6-21-14-7-13(9-18-10-14)16(17-4)8-15-11(2)19-20(5)12(15)3/h7,9-10,16-17H,6,8H2,1-5H3. The minimum absolute atomic E-state index is 0.194. The quantitative estimate of drug-likeness (QED) is 0.886. The maximum Gasteiger partial charge on any atom is 0.137 e. The Bertz CT molecular complexity index is 606. The number of aromatic nitrogens is 3. The summed E-state index contributed by atoms with van der Waals surface area (Å²) < 4.78 is 7.47. The summed E-state index contributed by atoms with van der Waals surface area (Å²) in [5.74, 6) is 0.815. The van der Waals surface area contributed by atoms with Gasteiger partial charge in [0.25, 0.3) is 0 Å². The van der Waals surface area contributed by atoms with Gasteiger partial charge in [-0.1, -0.05) is 0 Å². The van der Waals surface area contributed by atoms with Gasteiger partial charge in [-0.15, -0.1) is 0 Å². The zero-order valence-corrected chi connectivity index (χ0v) is 13.5. The van der Waals surface area contributed by atoms with Crippen LogP contribution < -0.4 is 10.1 Å². The van der Waals surface area contributed by atoms with E-state index in [-0.39, 0.29) is 6.04 Å². The van der Waals surface area contributed by atoms with E-state index in [1.807, 2.05) is 31.9 Å². The minimum Gasteiger partial charge on any atom is -0.492 e. The van der Waals surface area contributed by atoms with E-state index in [0.717, 1.165) is 23.4 Å². The van der Waals surface area contributed by atoms with Crippen molar-refractivity contribution in [2.75, 3.05) is 13.7 Å². The number of aryl methyl sites for hydroxylation is 2. The maximum atomic E-state index is 5.54. The monoisotopic (exact) mass is 288 g/mol. The molecule has 0 aliphatic carbocycles. The van der Waals surface area contributed by atoms with Crippen LogP contribution in [0.15, 0.2) is 18.5 Å². The van der Waals surface area contributed by atoms with Crippen LogP contribution in [0.1, 0.15) is 35.5 Å². The summed E-state index contributed by atoms with van der Waals surface area (Å²) in [6.07, 6.45) is 4.53. The minimum atomic E-state index is 0.194. The summed E-state index contributed by atoms with van der Waals surface area (Å²) in [7, 11) is 3.95. The number of nitrogens with one attached hydrogen (secondary N) is 1. The zero-order chi connectivity index (χ0) is 15.4. The molecule has 0 aliphatic heterocycles. The van der Waals surface area contributed by atoms with Crippen molar-refractivity contribution in [1.29, 1.82) is 0 Å². The first-order chi connectivity index (χ1) is 10.1. The predicted molar refractivity (Wildman–Crippen MR) is 83.6 cm³/mol. The molecule has 0 amide bonds. The van der Waals surface area contributed by atoms with Crippen LogP contribution in [0.2, 0.25) is 0 Å². The maximum absolute atomic E-state index is 5.54. The fourth-order valence-electron chi connectivity index (χ4n) is 2.58. The Morgan fingerprint density at radius 2 is 2.10 bits per heavy atom. The molecule has 2 rings (SSSR count). The molecule has 21 heavy (non-hydrogen) atoms. The Kier molecular flexibility index (Phi) is 4.96. The highest BCUT2D eigenvalue weighted by molar-refractivity contribution is 5.31. The van der Waals surface area contributed by atoms with Crippen LogP contribution in [0.5, 0.6) is 5.75 Å². The normalized spacial score (nSPS) is 12.4. The molecule has 1 unspecified atom stereocenters. The Morgan fingerprint density at radius 1 is 1.33 bits per heavy atom. The van der Waals surface area contributed by atoms with E-state index >= 15 is 0 Å². The van der Waals surface area contributed by atoms with Crippen LogP contribution in [0.3, 0.4) is 0 Å². The smallest absolute Gasteiger partial charge is 0.137 e. The molecule has 0 aliphatic rings. The van der Waals surface area contributed by atoms with E-state index in [1.165, 1.54) is 11.3 Å². The van der Waals surface area contributed by atoms with Crippen molar-refractivity contribution in [1.82, 2.24) is 20.1 Å². The molecular weight excluding hydrogens is 264 g/mol. The topological polar surface area (TPSA) is 52.0 Å². The highest BCUT2D eigenvalue weighted by Gasteiger charge is 2.17. The van der Waals surface area contributed by atoms with Gasteiger partial charge in [-0.2, -0.15) is 5.10 Å². The molecule has 0 radical (unpaired) electrons. The molecule has 2 heterocycles. The molecule has 5 nitrogen and oxygen atoms in total. The Balaban J connectivity index is 2.25. The molecule has 0 saturated heterocycles. The Labute approximate surface area is 126 Å². The van der Waals surface area contributed by atoms with E-state index in [1.54, 1.807) is 6.20 Å². The number of likely N-dealkylation sites (N-methyl/N-ethyl adjacent to an activating group) is 1. The molecule has 5 heteroatoms.